The highest BCUT2D eigenvalue weighted by atomic mass is 35.5. The van der Waals surface area contributed by atoms with Gasteiger partial charge in [-0.25, -0.2) is 0 Å². The van der Waals surface area contributed by atoms with Gasteiger partial charge in [0.25, 0.3) is 0 Å². The van der Waals surface area contributed by atoms with Gasteiger partial charge in [-0.05, 0) is 12.1 Å². The standard InChI is InChI=1S/C9H8ClNO2/c10-8-3-6(12)1-5-2-7(4-11)13-9(5)8/h1-3,12H,4,11H2. The van der Waals surface area contributed by atoms with Gasteiger partial charge in [-0.3, -0.25) is 0 Å². The second kappa shape index (κ2) is 2.94. The van der Waals surface area contributed by atoms with Gasteiger partial charge in [0.2, 0.25) is 0 Å². The maximum Gasteiger partial charge on any atom is 0.153 e. The fourth-order valence-corrected chi connectivity index (χ4v) is 1.51. The fraction of sp³-hybridized carbons (Fsp3) is 0.111. The molecule has 0 bridgehead atoms. The lowest BCUT2D eigenvalue weighted by atomic mass is 10.2. The second-order valence-electron chi connectivity index (χ2n) is 2.76. The third-order valence-corrected chi connectivity index (χ3v) is 2.09. The summed E-state index contributed by atoms with van der Waals surface area (Å²) in [6, 6.07) is 4.79. The minimum absolute atomic E-state index is 0.127. The van der Waals surface area contributed by atoms with E-state index in [1.165, 1.54) is 6.07 Å². The number of rotatable bonds is 1. The second-order valence-corrected chi connectivity index (χ2v) is 3.17. The van der Waals surface area contributed by atoms with Gasteiger partial charge in [0.1, 0.15) is 11.5 Å². The van der Waals surface area contributed by atoms with E-state index in [9.17, 15) is 5.11 Å². The van der Waals surface area contributed by atoms with E-state index in [4.69, 9.17) is 21.8 Å². The van der Waals surface area contributed by atoms with E-state index >= 15 is 0 Å². The highest BCUT2D eigenvalue weighted by Gasteiger charge is 2.07. The lowest BCUT2D eigenvalue weighted by Gasteiger charge is -1.93. The smallest absolute Gasteiger partial charge is 0.153 e. The zero-order valence-electron chi connectivity index (χ0n) is 6.75. The number of phenolic OH excluding ortho intramolecular Hbond substituents is 1. The van der Waals surface area contributed by atoms with E-state index in [1.54, 1.807) is 12.1 Å². The van der Waals surface area contributed by atoms with E-state index in [0.717, 1.165) is 5.39 Å². The Balaban J connectivity index is 2.75. The van der Waals surface area contributed by atoms with Crippen molar-refractivity contribution in [2.24, 2.45) is 5.73 Å². The highest BCUT2D eigenvalue weighted by Crippen LogP contribution is 2.30. The summed E-state index contributed by atoms with van der Waals surface area (Å²) in [6.45, 7) is 0.325. The van der Waals surface area contributed by atoms with Crippen LogP contribution in [-0.4, -0.2) is 5.11 Å². The quantitative estimate of drug-likeness (QED) is 0.737. The number of aromatic hydroxyl groups is 1. The van der Waals surface area contributed by atoms with Gasteiger partial charge in [-0.2, -0.15) is 0 Å². The van der Waals surface area contributed by atoms with Crippen molar-refractivity contribution in [2.45, 2.75) is 6.54 Å². The number of halogens is 1. The monoisotopic (exact) mass is 197 g/mol. The summed E-state index contributed by atoms with van der Waals surface area (Å²) in [7, 11) is 0. The minimum atomic E-state index is 0.127. The number of fused-ring (bicyclic) bond motifs is 1. The Morgan fingerprint density at radius 1 is 1.38 bits per heavy atom. The first-order valence-corrected chi connectivity index (χ1v) is 4.19. The van der Waals surface area contributed by atoms with E-state index < -0.39 is 0 Å². The van der Waals surface area contributed by atoms with Crippen LogP contribution < -0.4 is 5.73 Å². The summed E-state index contributed by atoms with van der Waals surface area (Å²) in [6.07, 6.45) is 0. The number of furan rings is 1. The van der Waals surface area contributed by atoms with Crippen LogP contribution in [-0.2, 0) is 6.54 Å². The first-order valence-electron chi connectivity index (χ1n) is 3.81. The molecule has 0 aliphatic rings. The van der Waals surface area contributed by atoms with Crippen molar-refractivity contribution in [3.05, 3.63) is 29.0 Å². The molecule has 0 fully saturated rings. The average molecular weight is 198 g/mol. The summed E-state index contributed by atoms with van der Waals surface area (Å²) in [5.41, 5.74) is 5.97. The number of phenols is 1. The summed E-state index contributed by atoms with van der Waals surface area (Å²) in [5.74, 6) is 0.782. The molecule has 1 aromatic carbocycles. The molecule has 0 atom stereocenters. The third-order valence-electron chi connectivity index (χ3n) is 1.81. The molecule has 3 N–H and O–H groups in total. The Hall–Kier alpha value is -1.19. The lowest BCUT2D eigenvalue weighted by Crippen LogP contribution is -1.92. The van der Waals surface area contributed by atoms with Crippen LogP contribution in [0.1, 0.15) is 5.76 Å². The Labute approximate surface area is 79.7 Å². The van der Waals surface area contributed by atoms with Gasteiger partial charge in [0, 0.05) is 11.5 Å². The van der Waals surface area contributed by atoms with E-state index in [2.05, 4.69) is 0 Å². The molecule has 0 saturated carbocycles. The Morgan fingerprint density at radius 3 is 2.85 bits per heavy atom. The molecule has 4 heteroatoms. The van der Waals surface area contributed by atoms with Crippen molar-refractivity contribution < 1.29 is 9.52 Å². The predicted molar refractivity (Wildman–Crippen MR) is 50.8 cm³/mol. The van der Waals surface area contributed by atoms with Crippen molar-refractivity contribution >= 4 is 22.6 Å². The molecule has 0 aliphatic heterocycles. The van der Waals surface area contributed by atoms with Crippen LogP contribution >= 0.6 is 11.6 Å². The number of hydrogen-bond donors (Lipinski definition) is 2. The van der Waals surface area contributed by atoms with Crippen molar-refractivity contribution in [1.29, 1.82) is 0 Å². The van der Waals surface area contributed by atoms with E-state index in [-0.39, 0.29) is 5.75 Å². The molecule has 3 nitrogen and oxygen atoms in total. The van der Waals surface area contributed by atoms with Crippen LogP contribution in [0.2, 0.25) is 5.02 Å². The van der Waals surface area contributed by atoms with Crippen LogP contribution in [0.5, 0.6) is 5.75 Å². The molecule has 13 heavy (non-hydrogen) atoms. The summed E-state index contributed by atoms with van der Waals surface area (Å²) < 4.78 is 5.33. The first-order chi connectivity index (χ1) is 6.20. The minimum Gasteiger partial charge on any atom is -0.508 e. The van der Waals surface area contributed by atoms with Crippen LogP contribution in [0.4, 0.5) is 0 Å². The SMILES string of the molecule is NCc1cc2cc(O)cc(Cl)c2o1. The van der Waals surface area contributed by atoms with Crippen molar-refractivity contribution in [1.82, 2.24) is 0 Å². The fourth-order valence-electron chi connectivity index (χ4n) is 1.25. The number of nitrogens with two attached hydrogens (primary N) is 1. The zero-order valence-corrected chi connectivity index (χ0v) is 7.51. The molecule has 0 amide bonds. The van der Waals surface area contributed by atoms with E-state index in [1.807, 2.05) is 0 Å². The summed E-state index contributed by atoms with van der Waals surface area (Å²) in [4.78, 5) is 0. The maximum absolute atomic E-state index is 9.24. The van der Waals surface area contributed by atoms with Crippen LogP contribution in [0.3, 0.4) is 0 Å². The summed E-state index contributed by atoms with van der Waals surface area (Å²) >= 11 is 5.84. The van der Waals surface area contributed by atoms with Gasteiger partial charge in [0.15, 0.2) is 5.58 Å². The normalized spacial score (nSPS) is 10.9. The number of hydrogen-bond acceptors (Lipinski definition) is 3. The Bertz CT molecular complexity index is 450. The summed E-state index contributed by atoms with van der Waals surface area (Å²) in [5, 5.41) is 10.4. The van der Waals surface area contributed by atoms with Gasteiger partial charge in [-0.15, -0.1) is 0 Å². The number of benzene rings is 1. The molecule has 1 aromatic heterocycles. The molecule has 2 rings (SSSR count). The molecule has 68 valence electrons. The van der Waals surface area contributed by atoms with Gasteiger partial charge in [-0.1, -0.05) is 11.6 Å². The first kappa shape index (κ1) is 8.41. The highest BCUT2D eigenvalue weighted by molar-refractivity contribution is 6.35. The van der Waals surface area contributed by atoms with Crippen molar-refractivity contribution in [3.8, 4) is 5.75 Å². The molecule has 0 unspecified atom stereocenters. The third kappa shape index (κ3) is 1.36. The molecule has 2 aromatic rings. The average Bonchev–Trinajstić information content (AvgIpc) is 2.47. The van der Waals surface area contributed by atoms with Crippen LogP contribution in [0.25, 0.3) is 11.0 Å². The lowest BCUT2D eigenvalue weighted by molar-refractivity contribution is 0.475. The van der Waals surface area contributed by atoms with Gasteiger partial charge < -0.3 is 15.3 Å². The Morgan fingerprint density at radius 2 is 2.15 bits per heavy atom. The molecule has 1 heterocycles. The molecular weight excluding hydrogens is 190 g/mol. The molecule has 0 spiro atoms. The largest absolute Gasteiger partial charge is 0.508 e. The van der Waals surface area contributed by atoms with Crippen molar-refractivity contribution in [3.63, 3.8) is 0 Å². The topological polar surface area (TPSA) is 59.4 Å². The van der Waals surface area contributed by atoms with Crippen LogP contribution in [0.15, 0.2) is 22.6 Å². The molecule has 0 radical (unpaired) electrons. The van der Waals surface area contributed by atoms with Crippen molar-refractivity contribution in [2.75, 3.05) is 0 Å². The molecular formula is C9H8ClNO2. The maximum atomic E-state index is 9.24. The van der Waals surface area contributed by atoms with E-state index in [0.29, 0.717) is 22.9 Å². The van der Waals surface area contributed by atoms with Gasteiger partial charge in [0.05, 0.1) is 11.6 Å². The van der Waals surface area contributed by atoms with Gasteiger partial charge >= 0.3 is 0 Å². The predicted octanol–water partition coefficient (Wildman–Crippen LogP) is 2.25. The molecule has 0 aliphatic carbocycles. The van der Waals surface area contributed by atoms with Crippen LogP contribution in [0, 0.1) is 0 Å². The molecule has 0 saturated heterocycles. The Kier molecular flexibility index (Phi) is 1.90. The zero-order chi connectivity index (χ0) is 9.42.